The van der Waals surface area contributed by atoms with Crippen LogP contribution in [0.15, 0.2) is 30.3 Å². The molecule has 0 saturated carbocycles. The third-order valence-corrected chi connectivity index (χ3v) is 11.6. The SMILES string of the molecule is CCCC[C@@H](NC(=O)[C@H](CCCCNC(=O)OCc1ccccc1)NC(=O)N1CCOCC1)P(=O)(OC)OC(C)C(=O)[N+]1(C(=O)O)CCC[C@H]1C. The molecule has 4 N–H and O–H groups in total. The molecule has 6 atom stereocenters. The van der Waals surface area contributed by atoms with Crippen molar-refractivity contribution in [1.29, 1.82) is 0 Å². The Hall–Kier alpha value is -3.56. The second-order valence-corrected chi connectivity index (χ2v) is 15.2. The number of morpholine rings is 1. The maximum absolute atomic E-state index is 14.3. The first kappa shape index (κ1) is 41.9. The average Bonchev–Trinajstić information content (AvgIpc) is 3.53. The molecule has 17 heteroatoms. The first-order valence-electron chi connectivity index (χ1n) is 17.8. The van der Waals surface area contributed by atoms with Crippen LogP contribution in [0.25, 0.3) is 0 Å². The Labute approximate surface area is 300 Å². The number of likely N-dealkylation sites (tertiary alicyclic amines) is 1. The van der Waals surface area contributed by atoms with Crippen LogP contribution in [0.1, 0.15) is 77.7 Å². The lowest BCUT2D eigenvalue weighted by Gasteiger charge is -2.34. The molecule has 51 heavy (non-hydrogen) atoms. The predicted molar refractivity (Wildman–Crippen MR) is 187 cm³/mol. The number of hydrogen-bond donors (Lipinski definition) is 4. The van der Waals surface area contributed by atoms with E-state index < -0.39 is 66.1 Å². The second-order valence-electron chi connectivity index (χ2n) is 12.9. The number of hydrogen-bond acceptors (Lipinski definition) is 10. The Morgan fingerprint density at radius 1 is 1.06 bits per heavy atom. The summed E-state index contributed by atoms with van der Waals surface area (Å²) in [4.78, 5) is 66.6. The van der Waals surface area contributed by atoms with Crippen molar-refractivity contribution in [1.82, 2.24) is 20.9 Å². The smallest absolute Gasteiger partial charge is 0.445 e. The van der Waals surface area contributed by atoms with E-state index in [0.717, 1.165) is 12.7 Å². The molecule has 0 spiro atoms. The van der Waals surface area contributed by atoms with Gasteiger partial charge in [-0.3, -0.25) is 13.9 Å². The minimum Gasteiger partial charge on any atom is -0.445 e. The quantitative estimate of drug-likeness (QED) is 0.0934. The van der Waals surface area contributed by atoms with Crippen LogP contribution in [0, 0.1) is 0 Å². The van der Waals surface area contributed by atoms with Crippen LogP contribution in [0.3, 0.4) is 0 Å². The van der Waals surface area contributed by atoms with E-state index in [0.29, 0.717) is 64.8 Å². The standard InChI is InChI=1S/C34H54N5O11P/c1-5-6-17-29(51(46,47-4)50-26(3)31(41)39(34(44)45)21-12-13-25(39)2)37-30(40)28(36-32(42)38-19-22-48-23-20-38)16-10-11-18-35-33(43)49-24-27-14-8-7-9-15-27/h7-9,14-15,25-26,28-29H,5-6,10-13,16-24H2,1-4H3,(H3-,35,36,37,40,42,43,44,45)/p+1/t25-,26?,28+,29+,39?,51?/m1/s1. The summed E-state index contributed by atoms with van der Waals surface area (Å²) in [6.45, 7) is 6.85. The van der Waals surface area contributed by atoms with Gasteiger partial charge in [0.1, 0.15) is 24.5 Å². The van der Waals surface area contributed by atoms with Crippen molar-refractivity contribution in [3.8, 4) is 0 Å². The number of ether oxygens (including phenoxy) is 2. The first-order chi connectivity index (χ1) is 24.4. The summed E-state index contributed by atoms with van der Waals surface area (Å²) in [5.74, 6) is -2.57. The number of carbonyl (C=O) groups is 5. The third kappa shape index (κ3) is 11.7. The van der Waals surface area contributed by atoms with Gasteiger partial charge in [-0.2, -0.15) is 9.28 Å². The molecule has 0 bridgehead atoms. The Bertz CT molecular complexity index is 1360. The van der Waals surface area contributed by atoms with Crippen LogP contribution >= 0.6 is 7.60 Å². The molecule has 286 valence electrons. The van der Waals surface area contributed by atoms with Gasteiger partial charge in [0.05, 0.1) is 19.8 Å². The molecule has 3 rings (SSSR count). The number of urea groups is 1. The highest BCUT2D eigenvalue weighted by atomic mass is 31.2. The van der Waals surface area contributed by atoms with Gasteiger partial charge in [0, 0.05) is 39.6 Å². The van der Waals surface area contributed by atoms with Crippen molar-refractivity contribution in [2.45, 2.75) is 103 Å². The normalized spacial score (nSPS) is 21.8. The summed E-state index contributed by atoms with van der Waals surface area (Å²) in [6.07, 6.45) is 0.227. The van der Waals surface area contributed by atoms with Crippen molar-refractivity contribution in [2.24, 2.45) is 0 Å². The molecule has 2 saturated heterocycles. The predicted octanol–water partition coefficient (Wildman–Crippen LogP) is 4.57. The molecule has 0 radical (unpaired) electrons. The molecule has 2 fully saturated rings. The van der Waals surface area contributed by atoms with Crippen LogP contribution in [0.4, 0.5) is 14.4 Å². The van der Waals surface area contributed by atoms with Gasteiger partial charge < -0.3 is 40.0 Å². The maximum atomic E-state index is 14.3. The fourth-order valence-electron chi connectivity index (χ4n) is 6.30. The number of quaternary nitrogens is 1. The van der Waals surface area contributed by atoms with Crippen LogP contribution in [0.2, 0.25) is 0 Å². The number of imide groups is 1. The van der Waals surface area contributed by atoms with E-state index in [4.69, 9.17) is 18.5 Å². The third-order valence-electron chi connectivity index (χ3n) is 9.36. The van der Waals surface area contributed by atoms with Crippen molar-refractivity contribution in [2.75, 3.05) is 46.5 Å². The number of unbranched alkanes of at least 4 members (excludes halogenated alkanes) is 2. The van der Waals surface area contributed by atoms with Gasteiger partial charge in [0.2, 0.25) is 5.91 Å². The lowest BCUT2D eigenvalue weighted by Crippen LogP contribution is -2.61. The Morgan fingerprint density at radius 2 is 1.76 bits per heavy atom. The molecule has 6 amide bonds. The second kappa shape index (κ2) is 20.5. The summed E-state index contributed by atoms with van der Waals surface area (Å²) < 4.78 is 35.2. The summed E-state index contributed by atoms with van der Waals surface area (Å²) in [7, 11) is -3.11. The first-order valence-corrected chi connectivity index (χ1v) is 19.4. The van der Waals surface area contributed by atoms with Crippen LogP contribution in [-0.2, 0) is 39.3 Å². The van der Waals surface area contributed by atoms with E-state index in [1.807, 2.05) is 37.3 Å². The molecular weight excluding hydrogens is 685 g/mol. The molecule has 2 aliphatic rings. The monoisotopic (exact) mass is 740 g/mol. The zero-order valence-corrected chi connectivity index (χ0v) is 31.1. The minimum atomic E-state index is -4.26. The number of nitrogens with zero attached hydrogens (tertiary/aromatic N) is 2. The fraction of sp³-hybridized carbons (Fsp3) is 0.676. The van der Waals surface area contributed by atoms with E-state index in [9.17, 15) is 33.6 Å². The zero-order valence-electron chi connectivity index (χ0n) is 30.2. The number of benzene rings is 1. The highest BCUT2D eigenvalue weighted by Gasteiger charge is 2.56. The lowest BCUT2D eigenvalue weighted by molar-refractivity contribution is -0.793. The van der Waals surface area contributed by atoms with Crippen molar-refractivity contribution < 1.29 is 56.6 Å². The Balaban J connectivity index is 1.69. The fourth-order valence-corrected chi connectivity index (χ4v) is 8.10. The molecule has 0 aliphatic carbocycles. The number of amides is 6. The summed E-state index contributed by atoms with van der Waals surface area (Å²) in [5.41, 5.74) is 0.853. The highest BCUT2D eigenvalue weighted by Crippen LogP contribution is 2.54. The van der Waals surface area contributed by atoms with Crippen molar-refractivity contribution >= 4 is 37.6 Å². The zero-order chi connectivity index (χ0) is 37.4. The topological polar surface area (TPSA) is 199 Å². The molecule has 16 nitrogen and oxygen atoms in total. The van der Waals surface area contributed by atoms with E-state index in [2.05, 4.69) is 16.0 Å². The molecule has 0 aromatic heterocycles. The van der Waals surface area contributed by atoms with E-state index in [-0.39, 0.29) is 32.5 Å². The van der Waals surface area contributed by atoms with Gasteiger partial charge in [0.25, 0.3) is 0 Å². The average molecular weight is 741 g/mol. The van der Waals surface area contributed by atoms with Gasteiger partial charge in [-0.05, 0) is 45.1 Å². The molecule has 1 aromatic carbocycles. The Morgan fingerprint density at radius 3 is 2.37 bits per heavy atom. The number of rotatable bonds is 18. The van der Waals surface area contributed by atoms with Gasteiger partial charge in [-0.25, -0.2) is 14.4 Å². The number of alkyl carbamates (subject to hydrolysis) is 1. The van der Waals surface area contributed by atoms with Gasteiger partial charge in [-0.1, -0.05) is 50.1 Å². The number of carboxylic acid groups (broad SMARTS) is 1. The Kier molecular flexibility index (Phi) is 16.8. The molecule has 1 aromatic rings. The maximum Gasteiger partial charge on any atom is 0.521 e. The van der Waals surface area contributed by atoms with E-state index in [1.54, 1.807) is 11.8 Å². The number of carbonyl (C=O) groups excluding carboxylic acids is 4. The van der Waals surface area contributed by atoms with Gasteiger partial charge in [-0.15, -0.1) is 0 Å². The van der Waals surface area contributed by atoms with Crippen LogP contribution in [0.5, 0.6) is 0 Å². The van der Waals surface area contributed by atoms with Crippen molar-refractivity contribution in [3.63, 3.8) is 0 Å². The van der Waals surface area contributed by atoms with E-state index in [1.165, 1.54) is 6.92 Å². The van der Waals surface area contributed by atoms with Crippen LogP contribution in [-0.4, -0.2) is 115 Å². The van der Waals surface area contributed by atoms with Crippen LogP contribution < -0.4 is 16.0 Å². The molecular formula is C34H55N5O11P+. The van der Waals surface area contributed by atoms with Gasteiger partial charge in [0.15, 0.2) is 6.10 Å². The number of nitrogens with one attached hydrogen (secondary N) is 3. The largest absolute Gasteiger partial charge is 0.521 e. The summed E-state index contributed by atoms with van der Waals surface area (Å²) in [6, 6.07) is 7.26. The summed E-state index contributed by atoms with van der Waals surface area (Å²) in [5, 5.41) is 18.3. The highest BCUT2D eigenvalue weighted by molar-refractivity contribution is 7.54. The minimum absolute atomic E-state index is 0.0885. The summed E-state index contributed by atoms with van der Waals surface area (Å²) >= 11 is 0. The van der Waals surface area contributed by atoms with Gasteiger partial charge >= 0.3 is 31.7 Å². The van der Waals surface area contributed by atoms with E-state index >= 15 is 0 Å². The van der Waals surface area contributed by atoms with Crippen molar-refractivity contribution in [3.05, 3.63) is 35.9 Å². The molecule has 3 unspecified atom stereocenters. The molecule has 2 aliphatic heterocycles. The lowest BCUT2D eigenvalue weighted by atomic mass is 10.1. The molecule has 2 heterocycles.